The summed E-state index contributed by atoms with van der Waals surface area (Å²) in [5.41, 5.74) is 0. The zero-order valence-corrected chi connectivity index (χ0v) is 32.6. The summed E-state index contributed by atoms with van der Waals surface area (Å²) in [6.45, 7) is 4.19. The maximum atomic E-state index is 12.6. The van der Waals surface area contributed by atoms with Crippen LogP contribution >= 0.6 is 0 Å². The van der Waals surface area contributed by atoms with E-state index < -0.39 is 5.97 Å². The minimum Gasteiger partial charge on any atom is -0.480 e. The summed E-state index contributed by atoms with van der Waals surface area (Å²) in [6.07, 6.45) is 45.1. The Hall–Kier alpha value is -1.85. The van der Waals surface area contributed by atoms with Crippen LogP contribution in [-0.4, -0.2) is 35.6 Å². The van der Waals surface area contributed by atoms with Gasteiger partial charge in [0.05, 0.1) is 0 Å². The fourth-order valence-electron chi connectivity index (χ4n) is 6.51. The molecule has 0 aliphatic heterocycles. The second kappa shape index (κ2) is 38.9. The van der Waals surface area contributed by atoms with E-state index in [4.69, 9.17) is 9.84 Å². The summed E-state index contributed by atoms with van der Waals surface area (Å²) in [6, 6.07) is 0. The van der Waals surface area contributed by atoms with Gasteiger partial charge in [0.2, 0.25) is 5.91 Å². The highest BCUT2D eigenvalue weighted by Gasteiger charge is 2.14. The number of ether oxygens (including phenoxy) is 1. The van der Waals surface area contributed by atoms with Crippen LogP contribution < -0.4 is 5.32 Å². The topological polar surface area (TPSA) is 92.7 Å². The van der Waals surface area contributed by atoms with E-state index in [0.29, 0.717) is 12.8 Å². The van der Waals surface area contributed by atoms with Crippen molar-refractivity contribution in [2.45, 2.75) is 238 Å². The number of carboxylic acids is 1. The SMILES string of the molecule is CCCCCCCCCC/C=C\CCCCCCCCCCCCCC(=O)OC(CCCCCCC)CCCCCCC(=O)NCC(=O)O. The van der Waals surface area contributed by atoms with Crippen LogP contribution in [0.25, 0.3) is 0 Å². The number of amides is 1. The van der Waals surface area contributed by atoms with Gasteiger partial charge in [-0.2, -0.15) is 0 Å². The third-order valence-corrected chi connectivity index (χ3v) is 9.69. The van der Waals surface area contributed by atoms with Gasteiger partial charge in [-0.3, -0.25) is 14.4 Å². The van der Waals surface area contributed by atoms with Gasteiger partial charge >= 0.3 is 11.9 Å². The molecule has 1 atom stereocenters. The Morgan fingerprint density at radius 3 is 1.31 bits per heavy atom. The molecule has 0 aliphatic carbocycles. The standard InChI is InChI=1S/C43H81NO5/c1-3-5-7-9-10-11-12-13-14-15-16-17-18-19-20-21-22-23-24-25-26-28-34-38-43(48)49-40(35-31-27-8-6-4-2)36-32-29-30-33-37-41(45)44-39-42(46)47/h15-16,40H,3-14,17-39H2,1-2H3,(H,44,45)(H,46,47)/b16-15-. The van der Waals surface area contributed by atoms with E-state index >= 15 is 0 Å². The summed E-state index contributed by atoms with van der Waals surface area (Å²) in [5, 5.41) is 11.1. The molecule has 0 aromatic heterocycles. The Bertz CT molecular complexity index is 767. The summed E-state index contributed by atoms with van der Waals surface area (Å²) in [4.78, 5) is 34.8. The number of hydrogen-bond acceptors (Lipinski definition) is 4. The second-order valence-electron chi connectivity index (χ2n) is 14.6. The van der Waals surface area contributed by atoms with Crippen LogP contribution in [-0.2, 0) is 19.1 Å². The molecule has 0 aromatic carbocycles. The van der Waals surface area contributed by atoms with Crippen LogP contribution in [0.5, 0.6) is 0 Å². The second-order valence-corrected chi connectivity index (χ2v) is 14.6. The van der Waals surface area contributed by atoms with E-state index in [9.17, 15) is 14.4 Å². The van der Waals surface area contributed by atoms with Crippen LogP contribution in [0.15, 0.2) is 12.2 Å². The molecule has 0 aliphatic rings. The van der Waals surface area contributed by atoms with Crippen LogP contribution in [0.3, 0.4) is 0 Å². The van der Waals surface area contributed by atoms with Crippen LogP contribution in [0.4, 0.5) is 0 Å². The van der Waals surface area contributed by atoms with Crippen LogP contribution in [0.1, 0.15) is 232 Å². The average Bonchev–Trinajstić information content (AvgIpc) is 3.08. The molecule has 0 radical (unpaired) electrons. The van der Waals surface area contributed by atoms with Gasteiger partial charge in [0, 0.05) is 12.8 Å². The largest absolute Gasteiger partial charge is 0.480 e. The Morgan fingerprint density at radius 1 is 0.510 bits per heavy atom. The van der Waals surface area contributed by atoms with Gasteiger partial charge in [0.1, 0.15) is 12.6 Å². The molecule has 0 saturated carbocycles. The number of carboxylic acid groups (broad SMARTS) is 1. The zero-order valence-electron chi connectivity index (χ0n) is 32.6. The first-order chi connectivity index (χ1) is 24.0. The number of carbonyl (C=O) groups is 3. The molecule has 0 spiro atoms. The summed E-state index contributed by atoms with van der Waals surface area (Å²) in [5.74, 6) is -1.26. The van der Waals surface area contributed by atoms with Crippen molar-refractivity contribution >= 4 is 17.8 Å². The van der Waals surface area contributed by atoms with E-state index in [1.54, 1.807) is 0 Å². The highest BCUT2D eigenvalue weighted by molar-refractivity contribution is 5.80. The quantitative estimate of drug-likeness (QED) is 0.0380. The van der Waals surface area contributed by atoms with Gasteiger partial charge in [0.25, 0.3) is 0 Å². The van der Waals surface area contributed by atoms with Gasteiger partial charge in [0.15, 0.2) is 0 Å². The molecule has 1 amide bonds. The van der Waals surface area contributed by atoms with E-state index in [1.165, 1.54) is 148 Å². The molecule has 6 heteroatoms. The first kappa shape index (κ1) is 47.1. The predicted molar refractivity (Wildman–Crippen MR) is 208 cm³/mol. The van der Waals surface area contributed by atoms with Crippen molar-refractivity contribution in [1.82, 2.24) is 5.32 Å². The molecule has 288 valence electrons. The molecule has 0 aromatic rings. The number of nitrogens with one attached hydrogen (secondary N) is 1. The first-order valence-electron chi connectivity index (χ1n) is 21.3. The molecule has 6 nitrogen and oxygen atoms in total. The molecule has 49 heavy (non-hydrogen) atoms. The maximum Gasteiger partial charge on any atom is 0.322 e. The molecule has 0 heterocycles. The minimum absolute atomic E-state index is 0.00833. The lowest BCUT2D eigenvalue weighted by Crippen LogP contribution is -2.28. The molecule has 0 fully saturated rings. The lowest BCUT2D eigenvalue weighted by Gasteiger charge is -2.18. The monoisotopic (exact) mass is 692 g/mol. The number of unbranched alkanes of at least 4 members (excludes halogenated alkanes) is 26. The molecule has 1 unspecified atom stereocenters. The lowest BCUT2D eigenvalue weighted by molar-refractivity contribution is -0.150. The fraction of sp³-hybridized carbons (Fsp3) is 0.884. The number of aliphatic carboxylic acids is 1. The van der Waals surface area contributed by atoms with Crippen molar-refractivity contribution in [2.75, 3.05) is 6.54 Å². The van der Waals surface area contributed by atoms with Crippen molar-refractivity contribution in [3.63, 3.8) is 0 Å². The van der Waals surface area contributed by atoms with Crippen molar-refractivity contribution < 1.29 is 24.2 Å². The highest BCUT2D eigenvalue weighted by Crippen LogP contribution is 2.18. The Morgan fingerprint density at radius 2 is 0.878 bits per heavy atom. The molecule has 2 N–H and O–H groups in total. The van der Waals surface area contributed by atoms with Crippen molar-refractivity contribution in [3.05, 3.63) is 12.2 Å². The van der Waals surface area contributed by atoms with E-state index in [1.807, 2.05) is 0 Å². The fourth-order valence-corrected chi connectivity index (χ4v) is 6.51. The Kier molecular flexibility index (Phi) is 37.5. The lowest BCUT2D eigenvalue weighted by atomic mass is 10.0. The number of hydrogen-bond donors (Lipinski definition) is 2. The summed E-state index contributed by atoms with van der Waals surface area (Å²) in [7, 11) is 0. The van der Waals surface area contributed by atoms with Gasteiger partial charge in [-0.15, -0.1) is 0 Å². The smallest absolute Gasteiger partial charge is 0.322 e. The van der Waals surface area contributed by atoms with Crippen LogP contribution in [0.2, 0.25) is 0 Å². The van der Waals surface area contributed by atoms with Gasteiger partial charge in [-0.1, -0.05) is 167 Å². The van der Waals surface area contributed by atoms with Gasteiger partial charge in [-0.05, 0) is 64.2 Å². The average molecular weight is 692 g/mol. The van der Waals surface area contributed by atoms with Gasteiger partial charge < -0.3 is 15.2 Å². The number of rotatable bonds is 39. The molecular formula is C43H81NO5. The maximum absolute atomic E-state index is 12.6. The van der Waals surface area contributed by atoms with Crippen molar-refractivity contribution in [2.24, 2.45) is 0 Å². The third-order valence-electron chi connectivity index (χ3n) is 9.69. The summed E-state index contributed by atoms with van der Waals surface area (Å²) >= 11 is 0. The third kappa shape index (κ3) is 38.8. The van der Waals surface area contributed by atoms with Crippen molar-refractivity contribution in [3.8, 4) is 0 Å². The number of carbonyl (C=O) groups excluding carboxylic acids is 2. The Balaban J connectivity index is 3.76. The van der Waals surface area contributed by atoms with E-state index in [0.717, 1.165) is 57.8 Å². The minimum atomic E-state index is -1.02. The van der Waals surface area contributed by atoms with Crippen LogP contribution in [0, 0.1) is 0 Å². The predicted octanol–water partition coefficient (Wildman–Crippen LogP) is 13.0. The number of allylic oxidation sites excluding steroid dienone is 2. The van der Waals surface area contributed by atoms with Crippen molar-refractivity contribution in [1.29, 1.82) is 0 Å². The molecule has 0 saturated heterocycles. The molecule has 0 rings (SSSR count). The van der Waals surface area contributed by atoms with Gasteiger partial charge in [-0.25, -0.2) is 0 Å². The zero-order chi connectivity index (χ0) is 35.9. The number of esters is 1. The normalized spacial score (nSPS) is 12.0. The highest BCUT2D eigenvalue weighted by atomic mass is 16.5. The van der Waals surface area contributed by atoms with E-state index in [-0.39, 0.29) is 24.5 Å². The first-order valence-corrected chi connectivity index (χ1v) is 21.3. The Labute approximate surface area is 303 Å². The molecule has 0 bridgehead atoms. The van der Waals surface area contributed by atoms with E-state index in [2.05, 4.69) is 31.3 Å². The summed E-state index contributed by atoms with van der Waals surface area (Å²) < 4.78 is 5.94. The molecular weight excluding hydrogens is 610 g/mol.